The molecule has 1 heterocycles. The van der Waals surface area contributed by atoms with Gasteiger partial charge in [-0.05, 0) is 6.07 Å². The molecule has 1 aromatic heterocycles. The van der Waals surface area contributed by atoms with Gasteiger partial charge in [-0.1, -0.05) is 0 Å². The average molecular weight is 263 g/mol. The van der Waals surface area contributed by atoms with E-state index in [1.165, 1.54) is 13.0 Å². The number of carbonyl (C=O) groups excluding carboxylic acids is 1. The number of sulfonamides is 1. The first-order chi connectivity index (χ1) is 7.42. The molecule has 0 saturated heterocycles. The molecular weight excluding hydrogens is 250 g/mol. The predicted octanol–water partition coefficient (Wildman–Crippen LogP) is -0.255. The quantitative estimate of drug-likeness (QED) is 0.637. The summed E-state index contributed by atoms with van der Waals surface area (Å²) < 4.78 is 25.8. The highest BCUT2D eigenvalue weighted by atomic mass is 32.2. The zero-order chi connectivity index (χ0) is 12.2. The van der Waals surface area contributed by atoms with Gasteiger partial charge >= 0.3 is 0 Å². The third-order valence-corrected chi connectivity index (χ3v) is 4.57. The number of hydrogen-bond acceptors (Lipinski definition) is 5. The Morgan fingerprint density at radius 2 is 2.19 bits per heavy atom. The molecule has 0 unspecified atom stereocenters. The van der Waals surface area contributed by atoms with Crippen LogP contribution in [0.2, 0.25) is 0 Å². The maximum Gasteiger partial charge on any atom is 0.250 e. The van der Waals surface area contributed by atoms with Gasteiger partial charge < -0.3 is 11.1 Å². The van der Waals surface area contributed by atoms with Gasteiger partial charge in [0, 0.05) is 31.1 Å². The van der Waals surface area contributed by atoms with Crippen molar-refractivity contribution in [2.75, 3.05) is 18.8 Å². The number of carbonyl (C=O) groups is 1. The first-order valence-electron chi connectivity index (χ1n) is 4.50. The van der Waals surface area contributed by atoms with E-state index < -0.39 is 10.0 Å². The maximum absolute atomic E-state index is 11.6. The second-order valence-corrected chi connectivity index (χ2v) is 5.98. The van der Waals surface area contributed by atoms with Crippen molar-refractivity contribution in [2.24, 2.45) is 0 Å². The molecule has 6 nitrogen and oxygen atoms in total. The van der Waals surface area contributed by atoms with Gasteiger partial charge in [0.25, 0.3) is 0 Å². The van der Waals surface area contributed by atoms with Crippen LogP contribution >= 0.6 is 11.3 Å². The zero-order valence-corrected chi connectivity index (χ0v) is 10.3. The molecule has 0 fully saturated rings. The highest BCUT2D eigenvalue weighted by Gasteiger charge is 2.15. The maximum atomic E-state index is 11.6. The molecule has 0 aliphatic rings. The first-order valence-corrected chi connectivity index (χ1v) is 6.86. The van der Waals surface area contributed by atoms with Crippen molar-refractivity contribution < 1.29 is 13.2 Å². The largest absolute Gasteiger partial charge is 0.398 e. The van der Waals surface area contributed by atoms with Crippen LogP contribution in [0.3, 0.4) is 0 Å². The van der Waals surface area contributed by atoms with Crippen LogP contribution in [0.4, 0.5) is 5.69 Å². The van der Waals surface area contributed by atoms with Gasteiger partial charge in [-0.2, -0.15) is 0 Å². The summed E-state index contributed by atoms with van der Waals surface area (Å²) in [5.41, 5.74) is 5.85. The fourth-order valence-corrected chi connectivity index (χ4v) is 3.12. The summed E-state index contributed by atoms with van der Waals surface area (Å²) in [5.74, 6) is -0.195. The van der Waals surface area contributed by atoms with Gasteiger partial charge in [-0.3, -0.25) is 4.79 Å². The third kappa shape index (κ3) is 3.80. The van der Waals surface area contributed by atoms with Crippen molar-refractivity contribution >= 4 is 33.0 Å². The summed E-state index contributed by atoms with van der Waals surface area (Å²) in [7, 11) is -3.50. The molecule has 0 aromatic carbocycles. The summed E-state index contributed by atoms with van der Waals surface area (Å²) in [6, 6.07) is 1.39. The van der Waals surface area contributed by atoms with Crippen LogP contribution in [-0.2, 0) is 14.8 Å². The standard InChI is InChI=1S/C8H13N3O3S2/c1-6(12)10-2-3-11-16(13,14)8-4-7(9)5-15-8/h4-5,11H,2-3,9H2,1H3,(H,10,12). The Morgan fingerprint density at radius 1 is 1.50 bits per heavy atom. The molecule has 0 atom stereocenters. The monoisotopic (exact) mass is 263 g/mol. The van der Waals surface area contributed by atoms with Crippen LogP contribution in [0, 0.1) is 0 Å². The lowest BCUT2D eigenvalue weighted by Crippen LogP contribution is -2.33. The van der Waals surface area contributed by atoms with Crippen molar-refractivity contribution in [1.82, 2.24) is 10.0 Å². The minimum Gasteiger partial charge on any atom is -0.398 e. The zero-order valence-electron chi connectivity index (χ0n) is 8.69. The Bertz CT molecular complexity index is 467. The van der Waals surface area contributed by atoms with Crippen molar-refractivity contribution in [3.63, 3.8) is 0 Å². The van der Waals surface area contributed by atoms with Gasteiger partial charge in [0.15, 0.2) is 0 Å². The summed E-state index contributed by atoms with van der Waals surface area (Å²) >= 11 is 1.06. The predicted molar refractivity (Wildman–Crippen MR) is 62.6 cm³/mol. The molecule has 0 aliphatic heterocycles. The Hall–Kier alpha value is -1.12. The van der Waals surface area contributed by atoms with Crippen LogP contribution in [0.25, 0.3) is 0 Å². The smallest absolute Gasteiger partial charge is 0.250 e. The molecule has 1 rings (SSSR count). The molecule has 1 aromatic rings. The Labute approximate surface area is 97.9 Å². The van der Waals surface area contributed by atoms with E-state index in [0.29, 0.717) is 5.69 Å². The molecule has 1 amide bonds. The first kappa shape index (κ1) is 12.9. The second kappa shape index (κ2) is 5.28. The number of amides is 1. The lowest BCUT2D eigenvalue weighted by atomic mass is 10.6. The van der Waals surface area contributed by atoms with Crippen LogP contribution in [-0.4, -0.2) is 27.4 Å². The van der Waals surface area contributed by atoms with Crippen LogP contribution in [0.15, 0.2) is 15.7 Å². The number of hydrogen-bond donors (Lipinski definition) is 3. The molecule has 90 valence electrons. The van der Waals surface area contributed by atoms with E-state index in [-0.39, 0.29) is 23.2 Å². The molecule has 16 heavy (non-hydrogen) atoms. The molecule has 8 heteroatoms. The summed E-state index contributed by atoms with van der Waals surface area (Å²) in [6.45, 7) is 1.78. The second-order valence-electron chi connectivity index (χ2n) is 3.08. The van der Waals surface area contributed by atoms with Gasteiger partial charge in [0.2, 0.25) is 15.9 Å². The van der Waals surface area contributed by atoms with Gasteiger partial charge in [0.05, 0.1) is 0 Å². The minimum absolute atomic E-state index is 0.152. The Kier molecular flexibility index (Phi) is 4.27. The topological polar surface area (TPSA) is 101 Å². The molecule has 4 N–H and O–H groups in total. The summed E-state index contributed by atoms with van der Waals surface area (Å²) in [4.78, 5) is 10.5. The number of nitrogens with one attached hydrogen (secondary N) is 2. The average Bonchev–Trinajstić information content (AvgIpc) is 2.60. The van der Waals surface area contributed by atoms with Gasteiger partial charge in [0.1, 0.15) is 4.21 Å². The van der Waals surface area contributed by atoms with E-state index in [9.17, 15) is 13.2 Å². The van der Waals surface area contributed by atoms with E-state index in [1.54, 1.807) is 5.38 Å². The number of thiophene rings is 1. The van der Waals surface area contributed by atoms with E-state index in [2.05, 4.69) is 10.0 Å². The number of rotatable bonds is 5. The van der Waals surface area contributed by atoms with Crippen LogP contribution < -0.4 is 15.8 Å². The van der Waals surface area contributed by atoms with Gasteiger partial charge in [-0.25, -0.2) is 13.1 Å². The Balaban J connectivity index is 2.50. The molecule has 0 radical (unpaired) electrons. The molecule has 0 bridgehead atoms. The SMILES string of the molecule is CC(=O)NCCNS(=O)(=O)c1cc(N)cs1. The fourth-order valence-electron chi connectivity index (χ4n) is 0.966. The van der Waals surface area contributed by atoms with Gasteiger partial charge in [-0.15, -0.1) is 11.3 Å². The molecular formula is C8H13N3O3S2. The lowest BCUT2D eigenvalue weighted by Gasteiger charge is -2.04. The fraction of sp³-hybridized carbons (Fsp3) is 0.375. The molecule has 0 spiro atoms. The number of anilines is 1. The summed E-state index contributed by atoms with van der Waals surface area (Å²) in [6.07, 6.45) is 0. The Morgan fingerprint density at radius 3 is 2.69 bits per heavy atom. The normalized spacial score (nSPS) is 11.3. The van der Waals surface area contributed by atoms with E-state index in [1.807, 2.05) is 0 Å². The highest BCUT2D eigenvalue weighted by Crippen LogP contribution is 2.20. The lowest BCUT2D eigenvalue weighted by molar-refractivity contribution is -0.118. The van der Waals surface area contributed by atoms with Crippen LogP contribution in [0.5, 0.6) is 0 Å². The van der Waals surface area contributed by atoms with Crippen LogP contribution in [0.1, 0.15) is 6.92 Å². The van der Waals surface area contributed by atoms with Crippen molar-refractivity contribution in [3.8, 4) is 0 Å². The van der Waals surface area contributed by atoms with E-state index >= 15 is 0 Å². The molecule has 0 saturated carbocycles. The van der Waals surface area contributed by atoms with E-state index in [4.69, 9.17) is 5.73 Å². The van der Waals surface area contributed by atoms with Crippen molar-refractivity contribution in [1.29, 1.82) is 0 Å². The highest BCUT2D eigenvalue weighted by molar-refractivity contribution is 7.91. The third-order valence-electron chi connectivity index (χ3n) is 1.65. The van der Waals surface area contributed by atoms with E-state index in [0.717, 1.165) is 11.3 Å². The number of nitrogen functional groups attached to an aromatic ring is 1. The van der Waals surface area contributed by atoms with Crippen molar-refractivity contribution in [2.45, 2.75) is 11.1 Å². The molecule has 0 aliphatic carbocycles. The van der Waals surface area contributed by atoms with Crippen molar-refractivity contribution in [3.05, 3.63) is 11.4 Å². The minimum atomic E-state index is -3.50. The summed E-state index contributed by atoms with van der Waals surface area (Å²) in [5, 5.41) is 4.05. The number of nitrogens with two attached hydrogens (primary N) is 1.